The minimum atomic E-state index is -1.92. The maximum absolute atomic E-state index is 12.7. The van der Waals surface area contributed by atoms with Crippen molar-refractivity contribution in [1.29, 1.82) is 0 Å². The zero-order valence-corrected chi connectivity index (χ0v) is 26.3. The minimum absolute atomic E-state index is 0.134. The van der Waals surface area contributed by atoms with E-state index < -0.39 is 8.32 Å². The molecular formula is C26H44BO8PSSi. The Morgan fingerprint density at radius 1 is 1.16 bits per heavy atom. The molecule has 0 amide bonds. The fraction of sp³-hybridized carbons (Fsp3) is 0.692. The van der Waals surface area contributed by atoms with Gasteiger partial charge < -0.3 is 28.0 Å². The van der Waals surface area contributed by atoms with Crippen LogP contribution in [0.25, 0.3) is 0 Å². The minimum Gasteiger partial charge on any atom is -0.497 e. The summed E-state index contributed by atoms with van der Waals surface area (Å²) >= 11 is 4.23. The number of Topliss-reactive ketones (excluding diaryl/α,β-unsaturated/α-hetero) is 1. The van der Waals surface area contributed by atoms with Crippen molar-refractivity contribution in [2.75, 3.05) is 20.3 Å². The molecule has 12 heteroatoms. The summed E-state index contributed by atoms with van der Waals surface area (Å²) in [4.78, 5) is 24.9. The molecule has 0 radical (unpaired) electrons. The first-order valence-corrected chi connectivity index (χ1v) is 19.2. The average molecular weight is 587 g/mol. The third-order valence-corrected chi connectivity index (χ3v) is 7.72. The summed E-state index contributed by atoms with van der Waals surface area (Å²) in [5.74, 6) is 0.671. The maximum Gasteiger partial charge on any atom is 0.310 e. The van der Waals surface area contributed by atoms with Crippen molar-refractivity contribution >= 4 is 47.2 Å². The van der Waals surface area contributed by atoms with E-state index in [0.29, 0.717) is 66.8 Å². The molecule has 38 heavy (non-hydrogen) atoms. The molecule has 1 saturated heterocycles. The van der Waals surface area contributed by atoms with E-state index in [1.165, 1.54) is 0 Å². The molecule has 1 fully saturated rings. The van der Waals surface area contributed by atoms with Gasteiger partial charge in [-0.1, -0.05) is 19.8 Å². The first-order valence-electron chi connectivity index (χ1n) is 13.3. The van der Waals surface area contributed by atoms with Crippen LogP contribution in [0.1, 0.15) is 51.0 Å². The predicted octanol–water partition coefficient (Wildman–Crippen LogP) is 4.85. The lowest BCUT2D eigenvalue weighted by Crippen LogP contribution is -2.41. The quantitative estimate of drug-likeness (QED) is 0.0859. The number of rotatable bonds is 18. The Hall–Kier alpha value is -0.938. The van der Waals surface area contributed by atoms with Crippen LogP contribution in [0.15, 0.2) is 24.3 Å². The molecule has 0 N–H and O–H groups in total. The first kappa shape index (κ1) is 33.3. The molecule has 0 bridgehead atoms. The number of thiol groups is 1. The Morgan fingerprint density at radius 3 is 2.39 bits per heavy atom. The van der Waals surface area contributed by atoms with Gasteiger partial charge in [0.2, 0.25) is 0 Å². The molecule has 1 aromatic carbocycles. The number of hydrogen-bond acceptors (Lipinski definition) is 9. The predicted molar refractivity (Wildman–Crippen MR) is 158 cm³/mol. The number of carbonyl (C=O) groups is 2. The number of esters is 1. The zero-order valence-electron chi connectivity index (χ0n) is 23.4. The summed E-state index contributed by atoms with van der Waals surface area (Å²) in [5.41, 5.74) is 1.04. The number of benzene rings is 1. The largest absolute Gasteiger partial charge is 0.497 e. The molecule has 1 aliphatic heterocycles. The lowest BCUT2D eigenvalue weighted by Gasteiger charge is -2.34. The lowest BCUT2D eigenvalue weighted by atomic mass is 9.94. The summed E-state index contributed by atoms with van der Waals surface area (Å²) in [6.07, 6.45) is 1.57. The van der Waals surface area contributed by atoms with E-state index in [1.807, 2.05) is 24.3 Å². The van der Waals surface area contributed by atoms with E-state index in [4.69, 9.17) is 28.0 Å². The first-order chi connectivity index (χ1) is 18.1. The molecule has 0 spiro atoms. The third-order valence-electron chi connectivity index (χ3n) is 5.96. The van der Waals surface area contributed by atoms with E-state index >= 15 is 0 Å². The van der Waals surface area contributed by atoms with E-state index in [0.717, 1.165) is 11.3 Å². The molecule has 0 aromatic heterocycles. The maximum atomic E-state index is 12.7. The Kier molecular flexibility index (Phi) is 15.5. The van der Waals surface area contributed by atoms with Crippen LogP contribution in [-0.2, 0) is 39.5 Å². The molecule has 0 aliphatic carbocycles. The molecular weight excluding hydrogens is 542 g/mol. The number of ketones is 1. The SMILES string of the molecule is CCOC(=O)C[C@@H](C[C@H]1CC(=O)C[C@@H](C[C@H](CCOBPS)OCc2ccc(OC)cc2)O1)O[Si](C)(C)C. The van der Waals surface area contributed by atoms with E-state index in [2.05, 4.69) is 31.9 Å². The van der Waals surface area contributed by atoms with Crippen LogP contribution in [0.3, 0.4) is 0 Å². The van der Waals surface area contributed by atoms with Gasteiger partial charge in [0, 0.05) is 25.9 Å². The van der Waals surface area contributed by atoms with Crippen LogP contribution < -0.4 is 4.74 Å². The highest BCUT2D eigenvalue weighted by Gasteiger charge is 2.34. The Bertz CT molecular complexity index is 842. The zero-order chi connectivity index (χ0) is 28.0. The normalized spacial score (nSPS) is 19.9. The van der Waals surface area contributed by atoms with Crippen molar-refractivity contribution in [1.82, 2.24) is 0 Å². The lowest BCUT2D eigenvalue weighted by molar-refractivity contribution is -0.147. The van der Waals surface area contributed by atoms with Crippen LogP contribution in [0.2, 0.25) is 19.6 Å². The van der Waals surface area contributed by atoms with E-state index in [1.54, 1.807) is 14.0 Å². The van der Waals surface area contributed by atoms with Crippen LogP contribution in [0.5, 0.6) is 5.75 Å². The van der Waals surface area contributed by atoms with Gasteiger partial charge >= 0.3 is 13.2 Å². The van der Waals surface area contributed by atoms with Gasteiger partial charge in [0.25, 0.3) is 0 Å². The van der Waals surface area contributed by atoms with Crippen molar-refractivity contribution in [3.8, 4) is 5.75 Å². The van der Waals surface area contributed by atoms with Crippen molar-refractivity contribution in [2.24, 2.45) is 0 Å². The van der Waals surface area contributed by atoms with Crippen molar-refractivity contribution in [2.45, 2.75) is 96.1 Å². The van der Waals surface area contributed by atoms with Gasteiger partial charge in [-0.05, 0) is 57.1 Å². The fourth-order valence-electron chi connectivity index (χ4n) is 4.44. The van der Waals surface area contributed by atoms with E-state index in [9.17, 15) is 9.59 Å². The van der Waals surface area contributed by atoms with Crippen molar-refractivity contribution < 1.29 is 37.6 Å². The topological polar surface area (TPSA) is 89.5 Å². The van der Waals surface area contributed by atoms with Crippen LogP contribution in [0, 0.1) is 0 Å². The molecule has 1 aromatic rings. The van der Waals surface area contributed by atoms with Crippen molar-refractivity contribution in [3.63, 3.8) is 0 Å². The molecule has 1 aliphatic rings. The number of carbonyl (C=O) groups excluding carboxylic acids is 2. The average Bonchev–Trinajstić information content (AvgIpc) is 2.84. The molecule has 8 nitrogen and oxygen atoms in total. The summed E-state index contributed by atoms with van der Waals surface area (Å²) in [6.45, 7) is 9.37. The standard InChI is InChI=1S/C26H44BO8PSSi/c1-6-31-26(29)17-25(35-38(3,4)5)16-24-14-20(28)13-23(34-24)15-22(11-12-33-27-36-37)32-18-19-7-9-21(30-2)10-8-19/h7-10,22-25,27,36-37H,6,11-18H2,1-5H3/t22-,23-,24+,25+/m0/s1. The number of methoxy groups -OCH3 is 1. The van der Waals surface area contributed by atoms with E-state index in [-0.39, 0.29) is 42.6 Å². The third kappa shape index (κ3) is 13.9. The summed E-state index contributed by atoms with van der Waals surface area (Å²) in [5, 5.41) is 0. The Morgan fingerprint density at radius 2 is 1.82 bits per heavy atom. The number of hydrogen-bond donors (Lipinski definition) is 1. The molecule has 1 heterocycles. The van der Waals surface area contributed by atoms with Gasteiger partial charge in [-0.2, -0.15) is 12.2 Å². The van der Waals surface area contributed by atoms with Crippen LogP contribution in [0.4, 0.5) is 0 Å². The molecule has 2 rings (SSSR count). The summed E-state index contributed by atoms with van der Waals surface area (Å²) in [6, 6.07) is 7.78. The molecule has 0 saturated carbocycles. The molecule has 1 unspecified atom stereocenters. The van der Waals surface area contributed by atoms with Crippen LogP contribution in [-0.4, -0.2) is 72.0 Å². The highest BCUT2D eigenvalue weighted by atomic mass is 32.7. The molecule has 5 atom stereocenters. The van der Waals surface area contributed by atoms with Gasteiger partial charge in [0.1, 0.15) is 11.5 Å². The fourth-order valence-corrected chi connectivity index (χ4v) is 6.13. The van der Waals surface area contributed by atoms with Crippen molar-refractivity contribution in [3.05, 3.63) is 29.8 Å². The van der Waals surface area contributed by atoms with Gasteiger partial charge in [-0.15, -0.1) is 0 Å². The second-order valence-electron chi connectivity index (χ2n) is 10.4. The highest BCUT2D eigenvalue weighted by Crippen LogP contribution is 2.27. The van der Waals surface area contributed by atoms with Gasteiger partial charge in [0.15, 0.2) is 8.32 Å². The molecule has 214 valence electrons. The van der Waals surface area contributed by atoms with Gasteiger partial charge in [0.05, 0.1) is 51.2 Å². The summed E-state index contributed by atoms with van der Waals surface area (Å²) < 4.78 is 35.0. The summed E-state index contributed by atoms with van der Waals surface area (Å²) in [7, 11) is 0.760. The second-order valence-corrected chi connectivity index (χ2v) is 16.5. The number of ether oxygens (including phenoxy) is 4. The Balaban J connectivity index is 2.01. The monoisotopic (exact) mass is 586 g/mol. The van der Waals surface area contributed by atoms with Gasteiger partial charge in [-0.25, -0.2) is 0 Å². The highest BCUT2D eigenvalue weighted by molar-refractivity contribution is 8.46. The Labute approximate surface area is 236 Å². The second kappa shape index (κ2) is 17.7. The van der Waals surface area contributed by atoms with Gasteiger partial charge in [-0.3, -0.25) is 9.59 Å². The van der Waals surface area contributed by atoms with Crippen LogP contribution >= 0.6 is 19.9 Å². The smallest absolute Gasteiger partial charge is 0.310 e.